The van der Waals surface area contributed by atoms with Gasteiger partial charge < -0.3 is 15.0 Å². The van der Waals surface area contributed by atoms with Crippen LogP contribution in [0.4, 0.5) is 0 Å². The molecule has 0 aromatic rings. The summed E-state index contributed by atoms with van der Waals surface area (Å²) in [6.07, 6.45) is -0.248. The van der Waals surface area contributed by atoms with E-state index >= 15 is 0 Å². The van der Waals surface area contributed by atoms with Crippen molar-refractivity contribution in [2.24, 2.45) is 5.92 Å². The number of nitrogens with one attached hydrogen (secondary N) is 1. The van der Waals surface area contributed by atoms with Gasteiger partial charge in [0, 0.05) is 19.6 Å². The van der Waals surface area contributed by atoms with Crippen LogP contribution in [0.3, 0.4) is 0 Å². The molecule has 92 valence electrons. The number of rotatable bonds is 0. The van der Waals surface area contributed by atoms with Gasteiger partial charge in [0.25, 0.3) is 0 Å². The van der Waals surface area contributed by atoms with E-state index < -0.39 is 0 Å². The van der Waals surface area contributed by atoms with Gasteiger partial charge in [0.1, 0.15) is 6.61 Å². The molecule has 0 spiro atoms. The van der Waals surface area contributed by atoms with Crippen molar-refractivity contribution in [3.63, 3.8) is 0 Å². The van der Waals surface area contributed by atoms with E-state index in [0.717, 1.165) is 0 Å². The van der Waals surface area contributed by atoms with Gasteiger partial charge in [0.05, 0.1) is 12.0 Å². The Bertz CT molecular complexity index is 280. The molecule has 0 bridgehead atoms. The van der Waals surface area contributed by atoms with Gasteiger partial charge in [-0.2, -0.15) is 0 Å². The molecule has 0 aromatic heterocycles. The fourth-order valence-corrected chi connectivity index (χ4v) is 1.60. The van der Waals surface area contributed by atoms with E-state index in [1.165, 1.54) is 0 Å². The van der Waals surface area contributed by atoms with Crippen LogP contribution in [-0.2, 0) is 14.3 Å². The normalized spacial score (nSPS) is 33.5. The van der Waals surface area contributed by atoms with Crippen molar-refractivity contribution in [1.82, 2.24) is 10.2 Å². The molecule has 0 aliphatic carbocycles. The van der Waals surface area contributed by atoms with Gasteiger partial charge in [0.15, 0.2) is 0 Å². The molecule has 1 fully saturated rings. The average Bonchev–Trinajstić information content (AvgIpc) is 2.22. The van der Waals surface area contributed by atoms with Crippen LogP contribution in [0.5, 0.6) is 0 Å². The Hall–Kier alpha value is -1.10. The molecule has 1 N–H and O–H groups in total. The number of hydrogen-bond donors (Lipinski definition) is 1. The highest BCUT2D eigenvalue weighted by Gasteiger charge is 2.25. The topological polar surface area (TPSA) is 58.6 Å². The minimum absolute atomic E-state index is 0.0252. The zero-order valence-corrected chi connectivity index (χ0v) is 10.3. The Labute approximate surface area is 96.1 Å². The molecule has 5 nitrogen and oxygen atoms in total. The van der Waals surface area contributed by atoms with Crippen molar-refractivity contribution in [3.8, 4) is 0 Å². The molecule has 1 aliphatic rings. The second-order valence-corrected chi connectivity index (χ2v) is 4.49. The maximum atomic E-state index is 11.7. The molecule has 1 aliphatic heterocycles. The summed E-state index contributed by atoms with van der Waals surface area (Å²) in [6.45, 7) is 6.06. The third-order valence-corrected chi connectivity index (χ3v) is 2.95. The van der Waals surface area contributed by atoms with Gasteiger partial charge in [-0.25, -0.2) is 0 Å². The maximum absolute atomic E-state index is 11.7. The Morgan fingerprint density at radius 1 is 1.31 bits per heavy atom. The summed E-state index contributed by atoms with van der Waals surface area (Å²) in [6, 6.07) is -0.0331. The van der Waals surface area contributed by atoms with Crippen molar-refractivity contribution < 1.29 is 14.3 Å². The summed E-state index contributed by atoms with van der Waals surface area (Å²) in [5.74, 6) is -0.316. The van der Waals surface area contributed by atoms with E-state index in [9.17, 15) is 9.59 Å². The monoisotopic (exact) mass is 228 g/mol. The van der Waals surface area contributed by atoms with Crippen LogP contribution in [0.1, 0.15) is 20.8 Å². The highest BCUT2D eigenvalue weighted by atomic mass is 16.5. The molecule has 1 rings (SSSR count). The first-order valence-corrected chi connectivity index (χ1v) is 5.57. The van der Waals surface area contributed by atoms with E-state index in [0.29, 0.717) is 6.54 Å². The largest absolute Gasteiger partial charge is 0.368 e. The summed E-state index contributed by atoms with van der Waals surface area (Å²) in [4.78, 5) is 24.9. The molecular formula is C11H20N2O3. The lowest BCUT2D eigenvalue weighted by Crippen LogP contribution is -2.48. The van der Waals surface area contributed by atoms with Crippen LogP contribution in [0, 0.1) is 5.92 Å². The number of hydrogen-bond acceptors (Lipinski definition) is 3. The fraction of sp³-hybridized carbons (Fsp3) is 0.818. The second kappa shape index (κ2) is 5.30. The Morgan fingerprint density at radius 2 is 1.94 bits per heavy atom. The molecule has 0 saturated carbocycles. The summed E-state index contributed by atoms with van der Waals surface area (Å²) in [5, 5.41) is 2.87. The quantitative estimate of drug-likeness (QED) is 0.635. The molecular weight excluding hydrogens is 208 g/mol. The second-order valence-electron chi connectivity index (χ2n) is 4.49. The van der Waals surface area contributed by atoms with Crippen molar-refractivity contribution in [3.05, 3.63) is 0 Å². The molecule has 0 aromatic carbocycles. The van der Waals surface area contributed by atoms with Gasteiger partial charge >= 0.3 is 0 Å². The van der Waals surface area contributed by atoms with Crippen LogP contribution in [0.25, 0.3) is 0 Å². The smallest absolute Gasteiger partial charge is 0.248 e. The first-order chi connectivity index (χ1) is 7.41. The molecule has 2 amide bonds. The predicted octanol–water partition coefficient (Wildman–Crippen LogP) is 0.00430. The predicted molar refractivity (Wildman–Crippen MR) is 59.8 cm³/mol. The van der Waals surface area contributed by atoms with Crippen LogP contribution < -0.4 is 5.32 Å². The Balaban J connectivity index is 2.74. The van der Waals surface area contributed by atoms with Crippen LogP contribution in [0.2, 0.25) is 0 Å². The Kier molecular flexibility index (Phi) is 4.29. The van der Waals surface area contributed by atoms with E-state index in [1.807, 2.05) is 20.8 Å². The fourth-order valence-electron chi connectivity index (χ4n) is 1.60. The molecule has 16 heavy (non-hydrogen) atoms. The van der Waals surface area contributed by atoms with Crippen molar-refractivity contribution in [2.75, 3.05) is 20.2 Å². The van der Waals surface area contributed by atoms with Crippen LogP contribution >= 0.6 is 0 Å². The van der Waals surface area contributed by atoms with Gasteiger partial charge in [-0.3, -0.25) is 9.59 Å². The zero-order valence-electron chi connectivity index (χ0n) is 10.3. The van der Waals surface area contributed by atoms with E-state index in [1.54, 1.807) is 11.9 Å². The number of ether oxygens (including phenoxy) is 1. The first kappa shape index (κ1) is 13.0. The molecule has 0 radical (unpaired) electrons. The zero-order chi connectivity index (χ0) is 12.3. The van der Waals surface area contributed by atoms with Gasteiger partial charge in [0.2, 0.25) is 11.8 Å². The minimum atomic E-state index is -0.248. The van der Waals surface area contributed by atoms with Crippen LogP contribution in [-0.4, -0.2) is 49.1 Å². The first-order valence-electron chi connectivity index (χ1n) is 5.57. The number of carbonyl (C=O) groups is 2. The third-order valence-electron chi connectivity index (χ3n) is 2.95. The van der Waals surface area contributed by atoms with Crippen molar-refractivity contribution in [2.45, 2.75) is 32.9 Å². The molecule has 1 saturated heterocycles. The number of amides is 2. The SMILES string of the molecule is CC1CN(C)C(=O)COC(C)C(C)C(=O)N1. The lowest BCUT2D eigenvalue weighted by atomic mass is 10.0. The summed E-state index contributed by atoms with van der Waals surface area (Å²) >= 11 is 0. The summed E-state index contributed by atoms with van der Waals surface area (Å²) < 4.78 is 5.37. The van der Waals surface area contributed by atoms with E-state index in [-0.39, 0.29) is 36.5 Å². The minimum Gasteiger partial charge on any atom is -0.368 e. The molecule has 3 atom stereocenters. The number of carbonyl (C=O) groups excluding carboxylic acids is 2. The van der Waals surface area contributed by atoms with E-state index in [2.05, 4.69) is 5.32 Å². The summed E-state index contributed by atoms with van der Waals surface area (Å²) in [5.41, 5.74) is 0. The average molecular weight is 228 g/mol. The standard InChI is InChI=1S/C11H20N2O3/c1-7-5-13(4)10(14)6-16-9(3)8(2)11(15)12-7/h7-9H,5-6H2,1-4H3,(H,12,15). The third kappa shape index (κ3) is 3.20. The molecule has 3 unspecified atom stereocenters. The lowest BCUT2D eigenvalue weighted by molar-refractivity contribution is -0.143. The van der Waals surface area contributed by atoms with Gasteiger partial charge in [-0.1, -0.05) is 6.92 Å². The van der Waals surface area contributed by atoms with Crippen molar-refractivity contribution >= 4 is 11.8 Å². The lowest BCUT2D eigenvalue weighted by Gasteiger charge is -2.28. The number of likely N-dealkylation sites (N-methyl/N-ethyl adjacent to an activating group) is 1. The Morgan fingerprint density at radius 3 is 2.56 bits per heavy atom. The van der Waals surface area contributed by atoms with Crippen LogP contribution in [0.15, 0.2) is 0 Å². The summed E-state index contributed by atoms with van der Waals surface area (Å²) in [7, 11) is 1.71. The van der Waals surface area contributed by atoms with E-state index in [4.69, 9.17) is 4.74 Å². The highest BCUT2D eigenvalue weighted by Crippen LogP contribution is 2.09. The molecule has 5 heteroatoms. The number of nitrogens with zero attached hydrogens (tertiary/aromatic N) is 1. The van der Waals surface area contributed by atoms with Crippen molar-refractivity contribution in [1.29, 1.82) is 0 Å². The molecule has 1 heterocycles. The van der Waals surface area contributed by atoms with Gasteiger partial charge in [-0.05, 0) is 13.8 Å². The maximum Gasteiger partial charge on any atom is 0.248 e. The van der Waals surface area contributed by atoms with Gasteiger partial charge in [-0.15, -0.1) is 0 Å². The highest BCUT2D eigenvalue weighted by molar-refractivity contribution is 5.80.